The van der Waals surface area contributed by atoms with Crippen molar-refractivity contribution >= 4 is 26.7 Å². The maximum absolute atomic E-state index is 5.45. The van der Waals surface area contributed by atoms with Gasteiger partial charge in [0.2, 0.25) is 0 Å². The van der Waals surface area contributed by atoms with Gasteiger partial charge in [-0.15, -0.1) is 0 Å². The maximum atomic E-state index is 5.45. The summed E-state index contributed by atoms with van der Waals surface area (Å²) < 4.78 is 5.45. The molecule has 2 aromatic carbocycles. The van der Waals surface area contributed by atoms with Gasteiger partial charge in [-0.25, -0.2) is 0 Å². The van der Waals surface area contributed by atoms with Crippen LogP contribution in [0.15, 0.2) is 36.4 Å². The molecule has 0 aliphatic heterocycles. The summed E-state index contributed by atoms with van der Waals surface area (Å²) in [5, 5.41) is 2.46. The predicted molar refractivity (Wildman–Crippen MR) is 86.2 cm³/mol. The smallest absolute Gasteiger partial charge is 0.126 e. The lowest BCUT2D eigenvalue weighted by atomic mass is 9.88. The minimum atomic E-state index is 0.364. The van der Waals surface area contributed by atoms with Crippen LogP contribution in [0.1, 0.15) is 31.2 Å². The van der Waals surface area contributed by atoms with E-state index in [-0.39, 0.29) is 0 Å². The Labute approximate surface area is 124 Å². The van der Waals surface area contributed by atoms with Gasteiger partial charge in [0.05, 0.1) is 7.11 Å². The van der Waals surface area contributed by atoms with E-state index >= 15 is 0 Å². The first-order valence-electron chi connectivity index (χ1n) is 6.76. The molecule has 0 fully saturated rings. The summed E-state index contributed by atoms with van der Waals surface area (Å²) in [6.45, 7) is 6.83. The van der Waals surface area contributed by atoms with Gasteiger partial charge in [-0.2, -0.15) is 0 Å². The molecule has 0 bridgehead atoms. The third-order valence-electron chi connectivity index (χ3n) is 3.95. The molecule has 1 nitrogen and oxygen atoms in total. The Morgan fingerprint density at radius 3 is 2.16 bits per heavy atom. The van der Waals surface area contributed by atoms with E-state index < -0.39 is 0 Å². The molecular weight excluding hydrogens is 300 g/mol. The van der Waals surface area contributed by atoms with Gasteiger partial charge in [0, 0.05) is 10.2 Å². The number of hydrogen-bond donors (Lipinski definition) is 0. The van der Waals surface area contributed by atoms with E-state index in [9.17, 15) is 0 Å². The van der Waals surface area contributed by atoms with Crippen molar-refractivity contribution in [2.75, 3.05) is 7.11 Å². The number of alkyl halides is 1. The number of fused-ring (bicyclic) bond motifs is 1. The topological polar surface area (TPSA) is 9.23 Å². The fourth-order valence-corrected chi connectivity index (χ4v) is 3.34. The number of methoxy groups -OCH3 is 1. The van der Waals surface area contributed by atoms with E-state index in [2.05, 4.69) is 73.1 Å². The van der Waals surface area contributed by atoms with Crippen molar-refractivity contribution in [3.8, 4) is 5.75 Å². The van der Waals surface area contributed by atoms with Crippen LogP contribution >= 0.6 is 15.9 Å². The minimum absolute atomic E-state index is 0.364. The average Bonchev–Trinajstić information content (AvgIpc) is 2.44. The molecule has 0 radical (unpaired) electrons. The number of ether oxygens (including phenoxy) is 1. The van der Waals surface area contributed by atoms with Crippen LogP contribution in [0.5, 0.6) is 5.75 Å². The Kier molecular flexibility index (Phi) is 4.51. The van der Waals surface area contributed by atoms with Gasteiger partial charge >= 0.3 is 0 Å². The number of halogens is 1. The SMILES string of the molecule is COc1ccc(C(Br)C(C)C(C)C)c2ccccc12. The van der Waals surface area contributed by atoms with E-state index in [1.54, 1.807) is 7.11 Å². The van der Waals surface area contributed by atoms with Crippen molar-refractivity contribution in [1.29, 1.82) is 0 Å². The lowest BCUT2D eigenvalue weighted by Crippen LogP contribution is -2.10. The highest BCUT2D eigenvalue weighted by molar-refractivity contribution is 9.09. The molecule has 2 atom stereocenters. The number of hydrogen-bond acceptors (Lipinski definition) is 1. The second-order valence-corrected chi connectivity index (χ2v) is 6.39. The van der Waals surface area contributed by atoms with Crippen molar-refractivity contribution in [2.24, 2.45) is 11.8 Å². The number of benzene rings is 2. The standard InChI is InChI=1S/C17H21BrO/c1-11(2)12(3)17(18)15-9-10-16(19-4)14-8-6-5-7-13(14)15/h5-12,17H,1-4H3. The van der Waals surface area contributed by atoms with Gasteiger partial charge in [-0.05, 0) is 28.9 Å². The first kappa shape index (κ1) is 14.4. The monoisotopic (exact) mass is 320 g/mol. The Balaban J connectivity index is 2.56. The molecule has 0 aliphatic carbocycles. The molecule has 2 heteroatoms. The fourth-order valence-electron chi connectivity index (χ4n) is 2.33. The molecule has 2 aromatic rings. The summed E-state index contributed by atoms with van der Waals surface area (Å²) in [4.78, 5) is 0.364. The quantitative estimate of drug-likeness (QED) is 0.668. The van der Waals surface area contributed by atoms with Crippen LogP contribution in [-0.2, 0) is 0 Å². The number of rotatable bonds is 4. The fraction of sp³-hybridized carbons (Fsp3) is 0.412. The van der Waals surface area contributed by atoms with Crippen molar-refractivity contribution < 1.29 is 4.74 Å². The molecule has 2 rings (SSSR count). The highest BCUT2D eigenvalue weighted by Gasteiger charge is 2.21. The van der Waals surface area contributed by atoms with Gasteiger partial charge in [-0.1, -0.05) is 67.0 Å². The van der Waals surface area contributed by atoms with Gasteiger partial charge in [0.15, 0.2) is 0 Å². The van der Waals surface area contributed by atoms with Crippen molar-refractivity contribution in [1.82, 2.24) is 0 Å². The van der Waals surface area contributed by atoms with E-state index in [0.717, 1.165) is 5.75 Å². The Morgan fingerprint density at radius 2 is 1.58 bits per heavy atom. The zero-order valence-corrected chi connectivity index (χ0v) is 13.6. The summed E-state index contributed by atoms with van der Waals surface area (Å²) in [7, 11) is 1.73. The third-order valence-corrected chi connectivity index (χ3v) is 5.28. The summed E-state index contributed by atoms with van der Waals surface area (Å²) in [5.74, 6) is 2.17. The van der Waals surface area contributed by atoms with Crippen LogP contribution in [0.2, 0.25) is 0 Å². The second-order valence-electron chi connectivity index (χ2n) is 5.41. The molecule has 0 N–H and O–H groups in total. The summed E-state index contributed by atoms with van der Waals surface area (Å²) in [5.41, 5.74) is 1.35. The van der Waals surface area contributed by atoms with E-state index in [4.69, 9.17) is 4.74 Å². The lowest BCUT2D eigenvalue weighted by molar-refractivity contribution is 0.413. The highest BCUT2D eigenvalue weighted by atomic mass is 79.9. The summed E-state index contributed by atoms with van der Waals surface area (Å²) in [6, 6.07) is 12.7. The van der Waals surface area contributed by atoms with Gasteiger partial charge in [0.25, 0.3) is 0 Å². The summed E-state index contributed by atoms with van der Waals surface area (Å²) >= 11 is 3.88. The van der Waals surface area contributed by atoms with Crippen LogP contribution in [0.3, 0.4) is 0 Å². The average molecular weight is 321 g/mol. The molecule has 0 heterocycles. The van der Waals surface area contributed by atoms with Gasteiger partial charge in [0.1, 0.15) is 5.75 Å². The normalized spacial score (nSPS) is 14.6. The maximum Gasteiger partial charge on any atom is 0.126 e. The van der Waals surface area contributed by atoms with Crippen LogP contribution in [0, 0.1) is 11.8 Å². The molecule has 0 saturated heterocycles. The molecule has 0 aromatic heterocycles. The molecule has 2 unspecified atom stereocenters. The molecule has 0 aliphatic rings. The predicted octanol–water partition coefficient (Wildman–Crippen LogP) is 5.58. The van der Waals surface area contributed by atoms with Crippen LogP contribution in [0.4, 0.5) is 0 Å². The van der Waals surface area contributed by atoms with E-state index in [1.165, 1.54) is 16.3 Å². The van der Waals surface area contributed by atoms with Gasteiger partial charge in [-0.3, -0.25) is 0 Å². The summed E-state index contributed by atoms with van der Waals surface area (Å²) in [6.07, 6.45) is 0. The van der Waals surface area contributed by atoms with Crippen LogP contribution < -0.4 is 4.74 Å². The molecule has 0 saturated carbocycles. The second kappa shape index (κ2) is 5.96. The van der Waals surface area contributed by atoms with Gasteiger partial charge < -0.3 is 4.74 Å². The van der Waals surface area contributed by atoms with Crippen LogP contribution in [0.25, 0.3) is 10.8 Å². The van der Waals surface area contributed by atoms with Crippen LogP contribution in [-0.4, -0.2) is 7.11 Å². The van der Waals surface area contributed by atoms with E-state index in [1.807, 2.05) is 0 Å². The first-order valence-corrected chi connectivity index (χ1v) is 7.67. The van der Waals surface area contributed by atoms with Crippen molar-refractivity contribution in [2.45, 2.75) is 25.6 Å². The lowest BCUT2D eigenvalue weighted by Gasteiger charge is -2.24. The van der Waals surface area contributed by atoms with E-state index in [0.29, 0.717) is 16.7 Å². The first-order chi connectivity index (χ1) is 9.06. The third kappa shape index (κ3) is 2.79. The van der Waals surface area contributed by atoms with Crippen molar-refractivity contribution in [3.05, 3.63) is 42.0 Å². The molecule has 0 spiro atoms. The zero-order chi connectivity index (χ0) is 14.0. The highest BCUT2D eigenvalue weighted by Crippen LogP contribution is 2.40. The molecule has 102 valence electrons. The molecule has 19 heavy (non-hydrogen) atoms. The minimum Gasteiger partial charge on any atom is -0.496 e. The Morgan fingerprint density at radius 1 is 0.947 bits per heavy atom. The Hall–Kier alpha value is -1.02. The van der Waals surface area contributed by atoms with Crippen molar-refractivity contribution in [3.63, 3.8) is 0 Å². The Bertz CT molecular complexity index is 562. The molecular formula is C17H21BrO. The largest absolute Gasteiger partial charge is 0.496 e. The zero-order valence-electron chi connectivity index (χ0n) is 12.0. The molecule has 0 amide bonds.